The van der Waals surface area contributed by atoms with Gasteiger partial charge in [-0.05, 0) is 19.3 Å². The van der Waals surface area contributed by atoms with Gasteiger partial charge in [-0.1, -0.05) is 12.8 Å². The van der Waals surface area contributed by atoms with Gasteiger partial charge < -0.3 is 21.1 Å². The molecule has 1 saturated heterocycles. The van der Waals surface area contributed by atoms with E-state index in [1.54, 1.807) is 0 Å². The number of carbonyl (C=O) groups excluding carboxylic acids is 2. The molecule has 1 saturated carbocycles. The number of amides is 3. The Morgan fingerprint density at radius 2 is 1.90 bits per heavy atom. The van der Waals surface area contributed by atoms with E-state index < -0.39 is 11.9 Å². The molecule has 0 bridgehead atoms. The summed E-state index contributed by atoms with van der Waals surface area (Å²) in [6.45, 7) is 0.430. The molecule has 0 aromatic carbocycles. The second-order valence-corrected chi connectivity index (χ2v) is 5.49. The summed E-state index contributed by atoms with van der Waals surface area (Å²) >= 11 is 0. The van der Waals surface area contributed by atoms with Crippen molar-refractivity contribution in [3.63, 3.8) is 0 Å². The molecule has 2 fully saturated rings. The lowest BCUT2D eigenvalue weighted by Gasteiger charge is -2.30. The maximum Gasteiger partial charge on any atom is 0.315 e. The molecular formula is C13H21N3O4. The van der Waals surface area contributed by atoms with Crippen LogP contribution in [0.2, 0.25) is 0 Å². The maximum atomic E-state index is 11.9. The smallest absolute Gasteiger partial charge is 0.315 e. The van der Waals surface area contributed by atoms with Crippen LogP contribution in [0.5, 0.6) is 0 Å². The van der Waals surface area contributed by atoms with Gasteiger partial charge in [0.25, 0.3) is 0 Å². The van der Waals surface area contributed by atoms with Crippen LogP contribution in [0.25, 0.3) is 0 Å². The second kappa shape index (κ2) is 6.58. The molecule has 112 valence electrons. The van der Waals surface area contributed by atoms with E-state index in [0.717, 1.165) is 12.8 Å². The number of nitrogens with one attached hydrogen (secondary N) is 3. The van der Waals surface area contributed by atoms with Gasteiger partial charge in [0.05, 0.1) is 5.92 Å². The van der Waals surface area contributed by atoms with Crippen molar-refractivity contribution in [1.29, 1.82) is 0 Å². The fourth-order valence-corrected chi connectivity index (χ4v) is 2.85. The fourth-order valence-electron chi connectivity index (χ4n) is 2.85. The summed E-state index contributed by atoms with van der Waals surface area (Å²) in [6.07, 6.45) is 4.17. The van der Waals surface area contributed by atoms with E-state index in [0.29, 0.717) is 32.2 Å². The highest BCUT2D eigenvalue weighted by molar-refractivity contribution is 5.79. The van der Waals surface area contributed by atoms with Gasteiger partial charge in [-0.15, -0.1) is 0 Å². The number of carboxylic acids is 1. The van der Waals surface area contributed by atoms with E-state index in [4.69, 9.17) is 5.11 Å². The van der Waals surface area contributed by atoms with Crippen LogP contribution in [0.1, 0.15) is 38.5 Å². The van der Waals surface area contributed by atoms with Crippen molar-refractivity contribution in [2.45, 2.75) is 50.6 Å². The van der Waals surface area contributed by atoms with Gasteiger partial charge in [0.15, 0.2) is 0 Å². The zero-order valence-electron chi connectivity index (χ0n) is 11.4. The van der Waals surface area contributed by atoms with E-state index in [9.17, 15) is 14.4 Å². The summed E-state index contributed by atoms with van der Waals surface area (Å²) in [4.78, 5) is 34.1. The molecule has 1 aliphatic carbocycles. The van der Waals surface area contributed by atoms with Crippen LogP contribution in [0.3, 0.4) is 0 Å². The molecule has 0 spiro atoms. The highest BCUT2D eigenvalue weighted by Gasteiger charge is 2.32. The van der Waals surface area contributed by atoms with E-state index in [2.05, 4.69) is 16.0 Å². The number of aliphatic carboxylic acids is 1. The molecule has 0 aromatic rings. The lowest BCUT2D eigenvalue weighted by atomic mass is 9.84. The Labute approximate surface area is 117 Å². The minimum atomic E-state index is -0.847. The van der Waals surface area contributed by atoms with Gasteiger partial charge in [-0.3, -0.25) is 9.59 Å². The molecule has 3 unspecified atom stereocenters. The quantitative estimate of drug-likeness (QED) is 0.593. The monoisotopic (exact) mass is 283 g/mol. The molecule has 7 nitrogen and oxygen atoms in total. The van der Waals surface area contributed by atoms with Crippen LogP contribution >= 0.6 is 0 Å². The summed E-state index contributed by atoms with van der Waals surface area (Å²) in [5, 5.41) is 17.4. The average molecular weight is 283 g/mol. The largest absolute Gasteiger partial charge is 0.481 e. The molecule has 3 amide bonds. The molecule has 7 heteroatoms. The van der Waals surface area contributed by atoms with Crippen LogP contribution in [-0.4, -0.2) is 41.6 Å². The van der Waals surface area contributed by atoms with E-state index in [1.807, 2.05) is 0 Å². The van der Waals surface area contributed by atoms with Crippen LogP contribution in [0.4, 0.5) is 4.79 Å². The minimum absolute atomic E-state index is 0.00156. The fraction of sp³-hybridized carbons (Fsp3) is 0.769. The number of hydrogen-bond donors (Lipinski definition) is 4. The third kappa shape index (κ3) is 3.85. The molecule has 20 heavy (non-hydrogen) atoms. The Balaban J connectivity index is 1.80. The van der Waals surface area contributed by atoms with Gasteiger partial charge in [0.2, 0.25) is 5.91 Å². The number of carboxylic acid groups (broad SMARTS) is 1. The van der Waals surface area contributed by atoms with E-state index in [1.165, 1.54) is 0 Å². The second-order valence-electron chi connectivity index (χ2n) is 5.49. The highest BCUT2D eigenvalue weighted by atomic mass is 16.4. The first-order valence-corrected chi connectivity index (χ1v) is 7.13. The molecule has 3 atom stereocenters. The lowest BCUT2D eigenvalue weighted by molar-refractivity contribution is -0.143. The van der Waals surface area contributed by atoms with Gasteiger partial charge in [-0.25, -0.2) is 4.79 Å². The summed E-state index contributed by atoms with van der Waals surface area (Å²) in [7, 11) is 0. The van der Waals surface area contributed by atoms with Crippen LogP contribution in [0, 0.1) is 5.92 Å². The Morgan fingerprint density at radius 1 is 1.15 bits per heavy atom. The predicted octanol–water partition coefficient (Wildman–Crippen LogP) is 0.208. The molecule has 1 aliphatic heterocycles. The summed E-state index contributed by atoms with van der Waals surface area (Å²) in [5.74, 6) is -1.35. The Bertz CT molecular complexity index is 389. The van der Waals surface area contributed by atoms with Crippen LogP contribution < -0.4 is 16.0 Å². The van der Waals surface area contributed by atoms with Crippen molar-refractivity contribution < 1.29 is 19.5 Å². The summed E-state index contributed by atoms with van der Waals surface area (Å²) < 4.78 is 0. The highest BCUT2D eigenvalue weighted by Crippen LogP contribution is 2.24. The summed E-state index contributed by atoms with van der Waals surface area (Å²) in [5.41, 5.74) is 0. The molecular weight excluding hydrogens is 262 g/mol. The Hall–Kier alpha value is -1.79. The number of rotatable bonds is 3. The third-order valence-corrected chi connectivity index (χ3v) is 4.00. The topological polar surface area (TPSA) is 108 Å². The molecule has 4 N–H and O–H groups in total. The first-order chi connectivity index (χ1) is 9.56. The van der Waals surface area contributed by atoms with E-state index in [-0.39, 0.29) is 24.0 Å². The zero-order chi connectivity index (χ0) is 14.5. The first kappa shape index (κ1) is 14.6. The standard InChI is InChI=1S/C13H21N3O4/c17-11-6-5-8(7-14-11)15-13(20)16-10-4-2-1-3-9(10)12(18)19/h8-10H,1-7H2,(H,14,17)(H,18,19)(H2,15,16,20). The number of urea groups is 1. The third-order valence-electron chi connectivity index (χ3n) is 4.00. The van der Waals surface area contributed by atoms with Gasteiger partial charge in [-0.2, -0.15) is 0 Å². The van der Waals surface area contributed by atoms with Gasteiger partial charge >= 0.3 is 12.0 Å². The number of hydrogen-bond acceptors (Lipinski definition) is 3. The van der Waals surface area contributed by atoms with Gasteiger partial charge in [0, 0.05) is 25.0 Å². The molecule has 0 radical (unpaired) electrons. The van der Waals surface area contributed by atoms with Gasteiger partial charge in [0.1, 0.15) is 0 Å². The van der Waals surface area contributed by atoms with Crippen molar-refractivity contribution in [2.75, 3.05) is 6.54 Å². The Morgan fingerprint density at radius 3 is 2.55 bits per heavy atom. The number of carbonyl (C=O) groups is 3. The Kier molecular flexibility index (Phi) is 4.81. The zero-order valence-corrected chi connectivity index (χ0v) is 11.4. The lowest BCUT2D eigenvalue weighted by Crippen LogP contribution is -2.54. The molecule has 0 aromatic heterocycles. The molecule has 1 heterocycles. The van der Waals surface area contributed by atoms with Crippen molar-refractivity contribution >= 4 is 17.9 Å². The maximum absolute atomic E-state index is 11.9. The number of piperidine rings is 1. The first-order valence-electron chi connectivity index (χ1n) is 7.13. The predicted molar refractivity (Wildman–Crippen MR) is 71.1 cm³/mol. The summed E-state index contributed by atoms with van der Waals surface area (Å²) in [6, 6.07) is -0.733. The SMILES string of the molecule is O=C1CCC(NC(=O)NC2CCCCC2C(=O)O)CN1. The minimum Gasteiger partial charge on any atom is -0.481 e. The van der Waals surface area contributed by atoms with Crippen molar-refractivity contribution in [3.05, 3.63) is 0 Å². The average Bonchev–Trinajstić information content (AvgIpc) is 2.41. The van der Waals surface area contributed by atoms with Crippen LogP contribution in [0.15, 0.2) is 0 Å². The molecule has 2 rings (SSSR count). The van der Waals surface area contributed by atoms with Crippen LogP contribution in [-0.2, 0) is 9.59 Å². The van der Waals surface area contributed by atoms with E-state index >= 15 is 0 Å². The normalized spacial score (nSPS) is 30.2. The van der Waals surface area contributed by atoms with Crippen molar-refractivity contribution in [3.8, 4) is 0 Å². The van der Waals surface area contributed by atoms with Crippen molar-refractivity contribution in [2.24, 2.45) is 5.92 Å². The van der Waals surface area contributed by atoms with Crippen molar-refractivity contribution in [1.82, 2.24) is 16.0 Å². The molecule has 2 aliphatic rings.